The summed E-state index contributed by atoms with van der Waals surface area (Å²) in [6, 6.07) is 4.15. The third kappa shape index (κ3) is 3.38. The molecule has 3 unspecified atom stereocenters. The average Bonchev–Trinajstić information content (AvgIpc) is 3.07. The van der Waals surface area contributed by atoms with Gasteiger partial charge in [-0.05, 0) is 35.8 Å². The fourth-order valence-electron chi connectivity index (χ4n) is 2.58. The van der Waals surface area contributed by atoms with Gasteiger partial charge in [-0.1, -0.05) is 26.3 Å². The fourth-order valence-corrected chi connectivity index (χ4v) is 3.80. The zero-order valence-electron chi connectivity index (χ0n) is 12.5. The van der Waals surface area contributed by atoms with Gasteiger partial charge in [-0.2, -0.15) is 11.8 Å². The van der Waals surface area contributed by atoms with E-state index >= 15 is 0 Å². The summed E-state index contributed by atoms with van der Waals surface area (Å²) in [5.74, 6) is 1.77. The summed E-state index contributed by atoms with van der Waals surface area (Å²) < 4.78 is 0. The Bertz CT molecular complexity index is 422. The fraction of sp³-hybridized carbons (Fsp3) is 0.667. The van der Waals surface area contributed by atoms with E-state index in [4.69, 9.17) is 0 Å². The molecule has 5 heteroatoms. The molecule has 0 spiro atoms. The summed E-state index contributed by atoms with van der Waals surface area (Å²) in [4.78, 5) is 16.0. The largest absolute Gasteiger partial charge is 0.321 e. The normalized spacial score (nSPS) is 24.4. The maximum absolute atomic E-state index is 12.7. The highest BCUT2D eigenvalue weighted by Crippen LogP contribution is 2.31. The lowest BCUT2D eigenvalue weighted by Gasteiger charge is -2.23. The molecule has 2 rings (SSSR count). The number of carbonyl (C=O) groups excluding carboxylic acids is 1. The van der Waals surface area contributed by atoms with Crippen LogP contribution in [0, 0.1) is 5.92 Å². The molecule has 112 valence electrons. The van der Waals surface area contributed by atoms with E-state index in [1.54, 1.807) is 11.3 Å². The van der Waals surface area contributed by atoms with Gasteiger partial charge in [0.25, 0.3) is 0 Å². The van der Waals surface area contributed by atoms with Crippen LogP contribution in [0.1, 0.15) is 37.7 Å². The van der Waals surface area contributed by atoms with E-state index in [-0.39, 0.29) is 18.1 Å². The van der Waals surface area contributed by atoms with Gasteiger partial charge < -0.3 is 4.90 Å². The number of nitrogens with one attached hydrogen (secondary N) is 1. The first kappa shape index (κ1) is 15.9. The zero-order chi connectivity index (χ0) is 14.5. The van der Waals surface area contributed by atoms with Crippen LogP contribution in [0.2, 0.25) is 0 Å². The maximum atomic E-state index is 12.7. The minimum Gasteiger partial charge on any atom is -0.321 e. The second-order valence-corrected chi connectivity index (χ2v) is 7.29. The molecule has 0 saturated carbocycles. The second-order valence-electron chi connectivity index (χ2n) is 5.33. The van der Waals surface area contributed by atoms with Gasteiger partial charge in [0.15, 0.2) is 0 Å². The Balaban J connectivity index is 2.12. The lowest BCUT2D eigenvalue weighted by Crippen LogP contribution is -2.36. The predicted molar refractivity (Wildman–Crippen MR) is 88.2 cm³/mol. The van der Waals surface area contributed by atoms with Crippen LogP contribution in [0.15, 0.2) is 17.5 Å². The van der Waals surface area contributed by atoms with E-state index in [1.807, 2.05) is 16.7 Å². The van der Waals surface area contributed by atoms with Crippen LogP contribution >= 0.6 is 23.1 Å². The van der Waals surface area contributed by atoms with E-state index in [2.05, 4.69) is 42.9 Å². The summed E-state index contributed by atoms with van der Waals surface area (Å²) in [6.45, 7) is 5.16. The van der Waals surface area contributed by atoms with E-state index in [0.717, 1.165) is 25.1 Å². The first-order valence-corrected chi connectivity index (χ1v) is 9.55. The molecule has 1 fully saturated rings. The lowest BCUT2D eigenvalue weighted by atomic mass is 9.99. The number of thioether (sulfide) groups is 1. The van der Waals surface area contributed by atoms with Gasteiger partial charge in [0, 0.05) is 11.4 Å². The number of hydrogen-bond acceptors (Lipinski definition) is 4. The molecule has 0 aromatic carbocycles. The molecular weight excluding hydrogens is 288 g/mol. The first-order valence-electron chi connectivity index (χ1n) is 7.27. The number of amides is 1. The van der Waals surface area contributed by atoms with Crippen molar-refractivity contribution < 1.29 is 4.79 Å². The molecule has 0 radical (unpaired) electrons. The van der Waals surface area contributed by atoms with E-state index in [0.29, 0.717) is 5.92 Å². The molecule has 1 amide bonds. The topological polar surface area (TPSA) is 32.3 Å². The zero-order valence-corrected chi connectivity index (χ0v) is 14.1. The second kappa shape index (κ2) is 7.48. The first-order chi connectivity index (χ1) is 9.69. The van der Waals surface area contributed by atoms with Crippen LogP contribution in [0.5, 0.6) is 0 Å². The van der Waals surface area contributed by atoms with E-state index in [9.17, 15) is 4.79 Å². The highest BCUT2D eigenvalue weighted by Gasteiger charge is 2.41. The third-order valence-corrected chi connectivity index (χ3v) is 5.59. The number of nitrogens with zero attached hydrogens (tertiary/aromatic N) is 1. The molecule has 3 atom stereocenters. The van der Waals surface area contributed by atoms with Crippen LogP contribution in [-0.2, 0) is 4.79 Å². The van der Waals surface area contributed by atoms with Crippen molar-refractivity contribution >= 4 is 29.0 Å². The number of rotatable bonds is 7. The van der Waals surface area contributed by atoms with Gasteiger partial charge in [-0.15, -0.1) is 11.3 Å². The molecule has 3 nitrogen and oxygen atoms in total. The molecule has 1 aliphatic rings. The lowest BCUT2D eigenvalue weighted by molar-refractivity contribution is -0.130. The Morgan fingerprint density at radius 3 is 2.95 bits per heavy atom. The van der Waals surface area contributed by atoms with Crippen LogP contribution in [0.4, 0.5) is 0 Å². The van der Waals surface area contributed by atoms with Crippen LogP contribution in [0.3, 0.4) is 0 Å². The van der Waals surface area contributed by atoms with Crippen molar-refractivity contribution in [2.45, 2.75) is 38.9 Å². The van der Waals surface area contributed by atoms with Crippen molar-refractivity contribution in [1.29, 1.82) is 0 Å². The number of hydrogen-bond donors (Lipinski definition) is 1. The maximum Gasteiger partial charge on any atom is 0.241 e. The SMILES string of the molecule is CCC(C)C1NC(c2cccs2)N(CCCSC)C1=O. The Labute approximate surface area is 130 Å². The highest BCUT2D eigenvalue weighted by molar-refractivity contribution is 7.98. The number of thiophene rings is 1. The summed E-state index contributed by atoms with van der Waals surface area (Å²) >= 11 is 3.57. The van der Waals surface area contributed by atoms with Gasteiger partial charge >= 0.3 is 0 Å². The molecule has 0 bridgehead atoms. The van der Waals surface area contributed by atoms with Gasteiger partial charge in [-0.3, -0.25) is 10.1 Å². The molecular formula is C15H24N2OS2. The van der Waals surface area contributed by atoms with Crippen molar-refractivity contribution in [2.75, 3.05) is 18.6 Å². The van der Waals surface area contributed by atoms with Crippen LogP contribution in [-0.4, -0.2) is 35.4 Å². The molecule has 1 aromatic heterocycles. The van der Waals surface area contributed by atoms with Crippen molar-refractivity contribution in [1.82, 2.24) is 10.2 Å². The van der Waals surface area contributed by atoms with Crippen molar-refractivity contribution in [3.8, 4) is 0 Å². The third-order valence-electron chi connectivity index (χ3n) is 3.97. The Morgan fingerprint density at radius 1 is 1.55 bits per heavy atom. The minimum atomic E-state index is -0.0265. The summed E-state index contributed by atoms with van der Waals surface area (Å²) in [5, 5.41) is 5.63. The summed E-state index contributed by atoms with van der Waals surface area (Å²) in [6.07, 6.45) is 4.27. The van der Waals surface area contributed by atoms with Gasteiger partial charge in [0.05, 0.1) is 6.04 Å². The monoisotopic (exact) mass is 312 g/mol. The van der Waals surface area contributed by atoms with Crippen molar-refractivity contribution in [2.24, 2.45) is 5.92 Å². The van der Waals surface area contributed by atoms with Crippen LogP contribution in [0.25, 0.3) is 0 Å². The molecule has 1 aliphatic heterocycles. The Hall–Kier alpha value is -0.520. The quantitative estimate of drug-likeness (QED) is 0.784. The minimum absolute atomic E-state index is 0.0265. The van der Waals surface area contributed by atoms with Crippen LogP contribution < -0.4 is 5.32 Å². The van der Waals surface area contributed by atoms with Gasteiger partial charge in [0.2, 0.25) is 5.91 Å². The molecule has 1 aromatic rings. The smallest absolute Gasteiger partial charge is 0.241 e. The molecule has 20 heavy (non-hydrogen) atoms. The molecule has 1 N–H and O–H groups in total. The Kier molecular flexibility index (Phi) is 5.93. The number of carbonyl (C=O) groups is 1. The standard InChI is InChI=1S/C15H24N2OS2/c1-4-11(2)13-15(18)17(8-6-9-19-3)14(16-13)12-7-5-10-20-12/h5,7,10-11,13-14,16H,4,6,8-9H2,1-3H3. The van der Waals surface area contributed by atoms with Crippen molar-refractivity contribution in [3.63, 3.8) is 0 Å². The summed E-state index contributed by atoms with van der Waals surface area (Å²) in [5.41, 5.74) is 0. The van der Waals surface area contributed by atoms with E-state index in [1.165, 1.54) is 4.88 Å². The van der Waals surface area contributed by atoms with E-state index < -0.39 is 0 Å². The Morgan fingerprint density at radius 2 is 2.35 bits per heavy atom. The summed E-state index contributed by atoms with van der Waals surface area (Å²) in [7, 11) is 0. The molecule has 0 aliphatic carbocycles. The highest BCUT2D eigenvalue weighted by atomic mass is 32.2. The van der Waals surface area contributed by atoms with Gasteiger partial charge in [-0.25, -0.2) is 0 Å². The average molecular weight is 313 g/mol. The molecule has 2 heterocycles. The van der Waals surface area contributed by atoms with Gasteiger partial charge in [0.1, 0.15) is 6.17 Å². The molecule has 1 saturated heterocycles. The van der Waals surface area contributed by atoms with Crippen molar-refractivity contribution in [3.05, 3.63) is 22.4 Å². The predicted octanol–water partition coefficient (Wildman–Crippen LogP) is 3.35.